The largest absolute Gasteiger partial charge is 0.489 e. The van der Waals surface area contributed by atoms with Gasteiger partial charge in [-0.05, 0) is 166 Å². The number of pyridine rings is 7. The van der Waals surface area contributed by atoms with Gasteiger partial charge in [-0.25, -0.2) is 39.9 Å². The van der Waals surface area contributed by atoms with Crippen molar-refractivity contribution in [1.29, 1.82) is 0 Å². The van der Waals surface area contributed by atoms with Crippen molar-refractivity contribution in [3.05, 3.63) is 250 Å². The van der Waals surface area contributed by atoms with Gasteiger partial charge >= 0.3 is 0 Å². The Morgan fingerprint density at radius 3 is 1.31 bits per heavy atom. The lowest BCUT2D eigenvalue weighted by molar-refractivity contribution is 0.162. The number of halogens is 3. The maximum atomic E-state index is 12.9. The van der Waals surface area contributed by atoms with Crippen LogP contribution in [0.5, 0.6) is 5.75 Å². The van der Waals surface area contributed by atoms with Crippen LogP contribution in [-0.2, 0) is 0 Å². The number of likely N-dealkylation sites (N-methyl/N-ethyl adjacent to an activating group) is 1. The van der Waals surface area contributed by atoms with E-state index in [1.807, 2.05) is 169 Å². The van der Waals surface area contributed by atoms with Gasteiger partial charge in [0.15, 0.2) is 16.9 Å². The third kappa shape index (κ3) is 16.6. The van der Waals surface area contributed by atoms with Crippen molar-refractivity contribution in [2.75, 3.05) is 100 Å². The zero-order chi connectivity index (χ0) is 80.2. The van der Waals surface area contributed by atoms with E-state index in [0.29, 0.717) is 95.2 Å². The molecule has 4 aliphatic rings. The molecule has 31 heteroatoms. The van der Waals surface area contributed by atoms with Gasteiger partial charge in [-0.2, -0.15) is 0 Å². The van der Waals surface area contributed by atoms with Crippen LogP contribution in [0.3, 0.4) is 0 Å². The van der Waals surface area contributed by atoms with Gasteiger partial charge in [0.1, 0.15) is 34.4 Å². The predicted molar refractivity (Wildman–Crippen MR) is 461 cm³/mol. The van der Waals surface area contributed by atoms with Crippen LogP contribution in [-0.4, -0.2) is 179 Å². The summed E-state index contributed by atoms with van der Waals surface area (Å²) in [6, 6.07) is 34.0. The van der Waals surface area contributed by atoms with Crippen LogP contribution in [0.15, 0.2) is 190 Å². The number of aryl methyl sites for hydroxylation is 4. The highest BCUT2D eigenvalue weighted by molar-refractivity contribution is 7.18. The van der Waals surface area contributed by atoms with Crippen molar-refractivity contribution in [2.24, 2.45) is 0 Å². The highest BCUT2D eigenvalue weighted by Gasteiger charge is 2.24. The molecule has 1 aromatic carbocycles. The number of aromatic nitrogens is 15. The molecule has 0 bridgehead atoms. The number of hydrogen-bond acceptors (Lipinski definition) is 21. The smallest absolute Gasteiger partial charge is 0.258 e. The summed E-state index contributed by atoms with van der Waals surface area (Å²) in [6.45, 7) is 23.6. The van der Waals surface area contributed by atoms with E-state index in [-0.39, 0.29) is 28.3 Å². The average Bonchev–Trinajstić information content (AvgIpc) is 1.12. The van der Waals surface area contributed by atoms with Crippen LogP contribution in [0, 0.1) is 27.7 Å². The first-order valence-electron chi connectivity index (χ1n) is 38.8. The van der Waals surface area contributed by atoms with E-state index in [1.165, 1.54) is 0 Å². The maximum absolute atomic E-state index is 12.9. The molecule has 2 atom stereocenters. The fraction of sp³-hybridized carbons (Fsp3) is 0.294. The Bertz CT molecular complexity index is 6710. The third-order valence-corrected chi connectivity index (χ3v) is 23.0. The molecule has 0 aliphatic carbocycles. The van der Waals surface area contributed by atoms with Crippen molar-refractivity contribution in [2.45, 2.75) is 79.0 Å². The molecular formula is C85H85Cl3N22O5S. The van der Waals surface area contributed by atoms with E-state index in [1.54, 1.807) is 71.5 Å². The highest BCUT2D eigenvalue weighted by atomic mass is 35.5. The minimum Gasteiger partial charge on any atom is -0.489 e. The van der Waals surface area contributed by atoms with Crippen LogP contribution in [0.2, 0.25) is 15.1 Å². The molecule has 20 rings (SSSR count). The molecule has 0 amide bonds. The molecule has 27 nitrogen and oxygen atoms in total. The Labute approximate surface area is 684 Å². The monoisotopic (exact) mass is 1630 g/mol. The Morgan fingerprint density at radius 1 is 0.414 bits per heavy atom. The molecule has 0 radical (unpaired) electrons. The van der Waals surface area contributed by atoms with Crippen LogP contribution in [0.4, 0.5) is 17.1 Å². The van der Waals surface area contributed by atoms with Gasteiger partial charge in [-0.15, -0.1) is 11.3 Å². The topological polar surface area (TPSA) is 261 Å². The molecule has 0 spiro atoms. The first kappa shape index (κ1) is 77.1. The molecule has 4 aliphatic heterocycles. The zero-order valence-electron chi connectivity index (χ0n) is 65.1. The van der Waals surface area contributed by atoms with E-state index < -0.39 is 0 Å². The third-order valence-electron chi connectivity index (χ3n) is 21.2. The number of benzene rings is 1. The molecular weight excluding hydrogens is 1550 g/mol. The molecule has 3 N–H and O–H groups in total. The Kier molecular flexibility index (Phi) is 21.7. The zero-order valence-corrected chi connectivity index (χ0v) is 68.2. The van der Waals surface area contributed by atoms with Gasteiger partial charge in [0.05, 0.1) is 93.4 Å². The molecule has 4 saturated heterocycles. The van der Waals surface area contributed by atoms with Gasteiger partial charge in [0, 0.05) is 173 Å². The number of nitrogens with zero attached hydrogens (tertiary/aromatic N) is 19. The Balaban J connectivity index is 0.000000111. The second-order valence-electron chi connectivity index (χ2n) is 30.2. The van der Waals surface area contributed by atoms with E-state index >= 15 is 0 Å². The van der Waals surface area contributed by atoms with E-state index in [2.05, 4.69) is 86.3 Å². The number of piperidine rings is 1. The number of rotatable bonds is 9. The van der Waals surface area contributed by atoms with Crippen LogP contribution >= 0.6 is 46.1 Å². The quantitative estimate of drug-likeness (QED) is 0.121. The summed E-state index contributed by atoms with van der Waals surface area (Å²) in [6.07, 6.45) is 22.1. The van der Waals surface area contributed by atoms with Gasteiger partial charge in [-0.3, -0.25) is 36.8 Å². The number of hydrogen-bond donors (Lipinski definition) is 3. The lowest BCUT2D eigenvalue weighted by Crippen LogP contribution is -2.54. The minimum atomic E-state index is -0.119. The van der Waals surface area contributed by atoms with Gasteiger partial charge in [0.25, 0.3) is 22.2 Å². The molecule has 15 aromatic heterocycles. The van der Waals surface area contributed by atoms with Gasteiger partial charge < -0.3 is 53.5 Å². The van der Waals surface area contributed by atoms with Crippen LogP contribution < -0.4 is 57.6 Å². The van der Waals surface area contributed by atoms with Crippen molar-refractivity contribution < 1.29 is 4.74 Å². The van der Waals surface area contributed by atoms with Crippen molar-refractivity contribution >= 4 is 113 Å². The van der Waals surface area contributed by atoms with Crippen molar-refractivity contribution in [3.63, 3.8) is 0 Å². The Morgan fingerprint density at radius 2 is 0.836 bits per heavy atom. The lowest BCUT2D eigenvalue weighted by Gasteiger charge is -2.37. The van der Waals surface area contributed by atoms with Crippen molar-refractivity contribution in [3.8, 4) is 50.8 Å². The SMILES string of the molecule is Cc1cn2cc(-c3cc(=O)n4cc(N5CCCN(C)CC5)ccc4n3)cc(Cl)c2n1.Cc1cn2cc(-c3cc(=O)n4cc(N5CCNCC5)ccc4n3)cc(Cl)c2n1.Cc1cn2cc(-c3cc(=O)n4cc(N5C[C@@H](C)N[C@@H](C)C5)ccc4n3)cc(Cl)c2n1.Cc1nc2ccc(-c3cc(=O)n4cc(OC5CCNCC5)ccc4n3)cc2s1. The number of fused-ring (bicyclic) bond motifs is 8. The summed E-state index contributed by atoms with van der Waals surface area (Å²) in [5.41, 5.74) is 16.5. The molecule has 16 aromatic rings. The normalized spacial score (nSPS) is 16.4. The number of imidazole rings is 3. The number of ether oxygens (including phenoxy) is 1. The van der Waals surface area contributed by atoms with E-state index in [4.69, 9.17) is 49.5 Å². The fourth-order valence-electron chi connectivity index (χ4n) is 15.6. The van der Waals surface area contributed by atoms with Gasteiger partial charge in [-0.1, -0.05) is 40.9 Å². The number of nitrogens with one attached hydrogen (secondary N) is 3. The first-order chi connectivity index (χ1) is 56.1. The molecule has 19 heterocycles. The van der Waals surface area contributed by atoms with Crippen LogP contribution in [0.1, 0.15) is 55.2 Å². The molecule has 0 unspecified atom stereocenters. The van der Waals surface area contributed by atoms with E-state index in [0.717, 1.165) is 169 Å². The first-order valence-corrected chi connectivity index (χ1v) is 40.8. The lowest BCUT2D eigenvalue weighted by atomic mass is 10.1. The molecule has 0 saturated carbocycles. The molecule has 116 heavy (non-hydrogen) atoms. The summed E-state index contributed by atoms with van der Waals surface area (Å²) in [5.74, 6) is 0.706. The van der Waals surface area contributed by atoms with Crippen molar-refractivity contribution in [1.82, 2.24) is 91.5 Å². The fourth-order valence-corrected chi connectivity index (χ4v) is 17.2. The Hall–Kier alpha value is -11.5. The van der Waals surface area contributed by atoms with Crippen LogP contribution in [0.25, 0.3) is 94.8 Å². The molecule has 4 fully saturated rings. The summed E-state index contributed by atoms with van der Waals surface area (Å²) in [5, 5.41) is 12.8. The highest BCUT2D eigenvalue weighted by Crippen LogP contribution is 2.32. The summed E-state index contributed by atoms with van der Waals surface area (Å²) < 4.78 is 19.1. The standard InChI is InChI=1S/2C22H23ClN6O.C21H20N4O2S.C20H19ClN6O/c1-13-8-27(9-14(2)24-13)17-4-5-20-26-19(7-21(30)29(20)12-17)16-6-18(23)22-25-15(3)10-28(22)11-16;1-15-12-28-13-16(10-18(23)22(28)24-15)19-11-21(30)29-14-17(4-5-20(29)25-19)27-7-3-6-26(2)8-9-27;1-13-23-17-4-2-14(10-19(17)28-13)18-11-21(26)25-12-16(3-5-20(25)24-18)27-15-6-8-22-9-7-15;1-13-10-26-11-14(8-16(21)20(26)23-13)17-9-19(28)27-12-15(2-3-18(27)24-17)25-6-4-22-5-7-25/h4-7,10-14,24H,8-9H2,1-3H3;4-5,10-14H,3,6-9H2,1-2H3;2-5,10-12,15,22H,6-9H2,1H3;2-3,8-12,22H,4-7H2,1H3/t13-,14+;;;. The molecule has 592 valence electrons. The number of piperazine rings is 2. The maximum Gasteiger partial charge on any atom is 0.258 e. The van der Waals surface area contributed by atoms with Gasteiger partial charge in [0.2, 0.25) is 0 Å². The predicted octanol–water partition coefficient (Wildman–Crippen LogP) is 12.1. The minimum absolute atomic E-state index is 0.109. The number of thiazole rings is 1. The summed E-state index contributed by atoms with van der Waals surface area (Å²) in [7, 11) is 2.15. The summed E-state index contributed by atoms with van der Waals surface area (Å²) >= 11 is 20.8. The van der Waals surface area contributed by atoms with E-state index in [9.17, 15) is 19.2 Å². The number of anilines is 3. The second kappa shape index (κ2) is 32.7. The average molecular weight is 1630 g/mol. The summed E-state index contributed by atoms with van der Waals surface area (Å²) in [4.78, 5) is 97.2. The second-order valence-corrected chi connectivity index (χ2v) is 32.6.